The van der Waals surface area contributed by atoms with E-state index in [0.29, 0.717) is 13.0 Å². The molecule has 1 saturated heterocycles. The molecule has 1 aliphatic heterocycles. The topological polar surface area (TPSA) is 78.9 Å². The summed E-state index contributed by atoms with van der Waals surface area (Å²) in [5.74, 6) is -0.934. The van der Waals surface area contributed by atoms with Gasteiger partial charge in [-0.05, 0) is 32.4 Å². The Labute approximate surface area is 120 Å². The number of likely N-dealkylation sites (tertiary alicyclic amines) is 1. The molecule has 116 valence electrons. The Morgan fingerprint density at radius 2 is 2.05 bits per heavy atom. The number of carbonyl (C=O) groups is 2. The average molecular weight is 286 g/mol. The summed E-state index contributed by atoms with van der Waals surface area (Å²) >= 11 is 0. The second-order valence-electron chi connectivity index (χ2n) is 5.24. The molecule has 1 fully saturated rings. The summed E-state index contributed by atoms with van der Waals surface area (Å²) in [7, 11) is 0. The van der Waals surface area contributed by atoms with Crippen LogP contribution in [0.5, 0.6) is 0 Å². The predicted octanol–water partition coefficient (Wildman–Crippen LogP) is 1.84. The highest BCUT2D eigenvalue weighted by Crippen LogP contribution is 2.09. The van der Waals surface area contributed by atoms with Crippen molar-refractivity contribution < 1.29 is 19.4 Å². The Kier molecular flexibility index (Phi) is 8.02. The zero-order chi connectivity index (χ0) is 14.8. The van der Waals surface area contributed by atoms with E-state index in [9.17, 15) is 9.59 Å². The number of aliphatic carboxylic acids is 1. The van der Waals surface area contributed by atoms with Crippen molar-refractivity contribution in [2.24, 2.45) is 0 Å². The van der Waals surface area contributed by atoms with Crippen molar-refractivity contribution >= 4 is 12.1 Å². The van der Waals surface area contributed by atoms with Crippen LogP contribution in [-0.2, 0) is 9.53 Å². The van der Waals surface area contributed by atoms with E-state index in [1.165, 1.54) is 12.8 Å². The molecule has 6 nitrogen and oxygen atoms in total. The molecule has 0 spiro atoms. The van der Waals surface area contributed by atoms with Crippen LogP contribution in [0.4, 0.5) is 4.79 Å². The zero-order valence-corrected chi connectivity index (χ0v) is 12.3. The maximum Gasteiger partial charge on any atom is 0.407 e. The van der Waals surface area contributed by atoms with Gasteiger partial charge in [-0.2, -0.15) is 0 Å². The van der Waals surface area contributed by atoms with Crippen molar-refractivity contribution in [3.8, 4) is 0 Å². The van der Waals surface area contributed by atoms with Gasteiger partial charge < -0.3 is 20.1 Å². The maximum atomic E-state index is 11.6. The lowest BCUT2D eigenvalue weighted by molar-refractivity contribution is -0.139. The molecule has 1 amide bonds. The van der Waals surface area contributed by atoms with Gasteiger partial charge in [0.2, 0.25) is 0 Å². The van der Waals surface area contributed by atoms with E-state index in [0.717, 1.165) is 32.5 Å². The molecular formula is C14H26N2O4. The molecule has 6 heteroatoms. The Morgan fingerprint density at radius 3 is 2.65 bits per heavy atom. The summed E-state index contributed by atoms with van der Waals surface area (Å²) in [5.41, 5.74) is 0. The number of alkyl carbamates (subject to hydrolysis) is 1. The van der Waals surface area contributed by atoms with Gasteiger partial charge in [-0.3, -0.25) is 4.79 Å². The average Bonchev–Trinajstić information content (AvgIpc) is 2.88. The zero-order valence-electron chi connectivity index (χ0n) is 12.3. The first-order valence-electron chi connectivity index (χ1n) is 7.50. The van der Waals surface area contributed by atoms with Crippen molar-refractivity contribution in [1.82, 2.24) is 10.2 Å². The molecule has 20 heavy (non-hydrogen) atoms. The molecule has 1 rings (SSSR count). The molecule has 0 bridgehead atoms. The SMILES string of the molecule is CCCCC(CC(=O)O)OC(=O)NCCN1CCCC1. The molecule has 1 heterocycles. The number of amides is 1. The number of carboxylic acids is 1. The summed E-state index contributed by atoms with van der Waals surface area (Å²) in [4.78, 5) is 24.6. The summed E-state index contributed by atoms with van der Waals surface area (Å²) in [6.45, 7) is 5.58. The number of nitrogens with zero attached hydrogens (tertiary/aromatic N) is 1. The van der Waals surface area contributed by atoms with Crippen LogP contribution in [0, 0.1) is 0 Å². The van der Waals surface area contributed by atoms with Crippen molar-refractivity contribution in [2.75, 3.05) is 26.2 Å². The summed E-state index contributed by atoms with van der Waals surface area (Å²) < 4.78 is 5.18. The number of unbranched alkanes of at least 4 members (excludes halogenated alkanes) is 1. The molecule has 0 aromatic heterocycles. The van der Waals surface area contributed by atoms with E-state index in [-0.39, 0.29) is 6.42 Å². The molecular weight excluding hydrogens is 260 g/mol. The van der Waals surface area contributed by atoms with Crippen molar-refractivity contribution in [2.45, 2.75) is 51.6 Å². The predicted molar refractivity (Wildman–Crippen MR) is 75.7 cm³/mol. The van der Waals surface area contributed by atoms with E-state index in [2.05, 4.69) is 10.2 Å². The Morgan fingerprint density at radius 1 is 1.35 bits per heavy atom. The lowest BCUT2D eigenvalue weighted by atomic mass is 10.1. The quantitative estimate of drug-likeness (QED) is 0.676. The number of ether oxygens (including phenoxy) is 1. The largest absolute Gasteiger partial charge is 0.481 e. The number of rotatable bonds is 9. The molecule has 0 radical (unpaired) electrons. The van der Waals surface area contributed by atoms with Crippen molar-refractivity contribution in [3.63, 3.8) is 0 Å². The van der Waals surface area contributed by atoms with Gasteiger partial charge in [-0.15, -0.1) is 0 Å². The fraction of sp³-hybridized carbons (Fsp3) is 0.857. The first-order chi connectivity index (χ1) is 9.61. The Bertz CT molecular complexity index is 304. The minimum Gasteiger partial charge on any atom is -0.481 e. The highest BCUT2D eigenvalue weighted by Gasteiger charge is 2.18. The van der Waals surface area contributed by atoms with Crippen LogP contribution in [0.2, 0.25) is 0 Å². The van der Waals surface area contributed by atoms with Crippen LogP contribution >= 0.6 is 0 Å². The first-order valence-corrected chi connectivity index (χ1v) is 7.50. The highest BCUT2D eigenvalue weighted by atomic mass is 16.6. The smallest absolute Gasteiger partial charge is 0.407 e. The standard InChI is InChI=1S/C14H26N2O4/c1-2-3-6-12(11-13(17)18)20-14(19)15-7-10-16-8-4-5-9-16/h12H,2-11H2,1H3,(H,15,19)(H,17,18). The van der Waals surface area contributed by atoms with Gasteiger partial charge in [0.25, 0.3) is 0 Å². The lowest BCUT2D eigenvalue weighted by Gasteiger charge is -2.18. The fourth-order valence-electron chi connectivity index (χ4n) is 2.34. The van der Waals surface area contributed by atoms with Crippen LogP contribution < -0.4 is 5.32 Å². The van der Waals surface area contributed by atoms with Crippen LogP contribution in [0.3, 0.4) is 0 Å². The molecule has 1 aliphatic rings. The summed E-state index contributed by atoms with van der Waals surface area (Å²) in [6, 6.07) is 0. The van der Waals surface area contributed by atoms with Crippen LogP contribution in [0.15, 0.2) is 0 Å². The summed E-state index contributed by atoms with van der Waals surface area (Å²) in [5, 5.41) is 11.5. The minimum atomic E-state index is -0.934. The number of hydrogen-bond acceptors (Lipinski definition) is 4. The van der Waals surface area contributed by atoms with Crippen LogP contribution in [-0.4, -0.2) is 54.4 Å². The maximum absolute atomic E-state index is 11.6. The van der Waals surface area contributed by atoms with Crippen LogP contribution in [0.25, 0.3) is 0 Å². The van der Waals surface area contributed by atoms with Gasteiger partial charge in [0.05, 0.1) is 6.42 Å². The van der Waals surface area contributed by atoms with Crippen molar-refractivity contribution in [1.29, 1.82) is 0 Å². The van der Waals surface area contributed by atoms with Gasteiger partial charge in [0, 0.05) is 13.1 Å². The minimum absolute atomic E-state index is 0.125. The molecule has 0 aromatic rings. The fourth-order valence-corrected chi connectivity index (χ4v) is 2.34. The van der Waals surface area contributed by atoms with Gasteiger partial charge in [-0.1, -0.05) is 19.8 Å². The third-order valence-electron chi connectivity index (χ3n) is 3.45. The van der Waals surface area contributed by atoms with Gasteiger partial charge >= 0.3 is 12.1 Å². The molecule has 0 aliphatic carbocycles. The van der Waals surface area contributed by atoms with Gasteiger partial charge in [0.1, 0.15) is 6.10 Å². The van der Waals surface area contributed by atoms with E-state index >= 15 is 0 Å². The molecule has 1 atom stereocenters. The number of carboxylic acid groups (broad SMARTS) is 1. The molecule has 0 saturated carbocycles. The Hall–Kier alpha value is -1.30. The normalized spacial score (nSPS) is 16.9. The lowest BCUT2D eigenvalue weighted by Crippen LogP contribution is -2.36. The van der Waals surface area contributed by atoms with Gasteiger partial charge in [0.15, 0.2) is 0 Å². The Balaban J connectivity index is 2.19. The molecule has 1 unspecified atom stereocenters. The second kappa shape index (κ2) is 9.58. The van der Waals surface area contributed by atoms with E-state index in [1.807, 2.05) is 6.92 Å². The molecule has 2 N–H and O–H groups in total. The number of nitrogens with one attached hydrogen (secondary N) is 1. The second-order valence-corrected chi connectivity index (χ2v) is 5.24. The first kappa shape index (κ1) is 16.8. The number of carbonyl (C=O) groups excluding carboxylic acids is 1. The van der Waals surface area contributed by atoms with Crippen molar-refractivity contribution in [3.05, 3.63) is 0 Å². The van der Waals surface area contributed by atoms with Crippen LogP contribution in [0.1, 0.15) is 45.4 Å². The monoisotopic (exact) mass is 286 g/mol. The van der Waals surface area contributed by atoms with E-state index < -0.39 is 18.2 Å². The third-order valence-corrected chi connectivity index (χ3v) is 3.45. The third kappa shape index (κ3) is 7.33. The number of hydrogen-bond donors (Lipinski definition) is 2. The van der Waals surface area contributed by atoms with Gasteiger partial charge in [-0.25, -0.2) is 4.79 Å². The van der Waals surface area contributed by atoms with E-state index in [4.69, 9.17) is 9.84 Å². The van der Waals surface area contributed by atoms with E-state index in [1.54, 1.807) is 0 Å². The highest BCUT2D eigenvalue weighted by molar-refractivity contribution is 5.70. The molecule has 0 aromatic carbocycles. The summed E-state index contributed by atoms with van der Waals surface area (Å²) in [6.07, 6.45) is 3.70.